The molecule has 3 rings (SSSR count). The zero-order valence-electron chi connectivity index (χ0n) is 15.2. The Kier molecular flexibility index (Phi) is 4.24. The number of piperidine rings is 1. The summed E-state index contributed by atoms with van der Waals surface area (Å²) in [6, 6.07) is 0. The lowest BCUT2D eigenvalue weighted by Gasteiger charge is -2.32. The normalized spacial score (nSPS) is 16.6. The fourth-order valence-electron chi connectivity index (χ4n) is 3.20. The Morgan fingerprint density at radius 3 is 2.46 bits per heavy atom. The Bertz CT molecular complexity index is 752. The summed E-state index contributed by atoms with van der Waals surface area (Å²) in [5, 5.41) is 0. The van der Waals surface area contributed by atoms with E-state index in [1.807, 2.05) is 40.8 Å². The predicted octanol–water partition coefficient (Wildman–Crippen LogP) is 3.46. The van der Waals surface area contributed by atoms with Gasteiger partial charge in [-0.1, -0.05) is 0 Å². The first-order chi connectivity index (χ1) is 11.2. The van der Waals surface area contributed by atoms with Crippen molar-refractivity contribution in [3.63, 3.8) is 0 Å². The predicted molar refractivity (Wildman–Crippen MR) is 92.2 cm³/mol. The van der Waals surface area contributed by atoms with Crippen molar-refractivity contribution in [3.8, 4) is 0 Å². The van der Waals surface area contributed by atoms with E-state index in [9.17, 15) is 4.79 Å². The molecule has 0 aromatic carbocycles. The number of hydrogen-bond donors (Lipinski definition) is 0. The Balaban J connectivity index is 1.69. The highest BCUT2D eigenvalue weighted by Crippen LogP contribution is 2.28. The molecule has 1 amide bonds. The maximum atomic E-state index is 12.2. The Morgan fingerprint density at radius 2 is 1.83 bits per heavy atom. The van der Waals surface area contributed by atoms with Crippen LogP contribution in [0, 0.1) is 13.8 Å². The van der Waals surface area contributed by atoms with Gasteiger partial charge in [0.15, 0.2) is 5.65 Å². The standard InChI is InChI=1S/C18H26N4O2/c1-12-10-22-11-15(20-16(22)13(2)19-12)14-6-8-21(9-7-14)17(23)24-18(3,4)5/h10-11,14H,6-9H2,1-5H3. The summed E-state index contributed by atoms with van der Waals surface area (Å²) in [4.78, 5) is 23.2. The Hall–Kier alpha value is -2.11. The van der Waals surface area contributed by atoms with Crippen molar-refractivity contribution in [2.75, 3.05) is 13.1 Å². The summed E-state index contributed by atoms with van der Waals surface area (Å²) in [6.45, 7) is 11.1. The molecule has 0 saturated carbocycles. The van der Waals surface area contributed by atoms with Gasteiger partial charge < -0.3 is 14.0 Å². The molecule has 0 N–H and O–H groups in total. The molecule has 0 unspecified atom stereocenters. The smallest absolute Gasteiger partial charge is 0.410 e. The largest absolute Gasteiger partial charge is 0.444 e. The van der Waals surface area contributed by atoms with E-state index in [-0.39, 0.29) is 6.09 Å². The monoisotopic (exact) mass is 330 g/mol. The molecule has 6 heteroatoms. The second kappa shape index (κ2) is 6.07. The molecule has 1 aliphatic heterocycles. The van der Waals surface area contributed by atoms with Gasteiger partial charge in [0, 0.05) is 31.4 Å². The van der Waals surface area contributed by atoms with Crippen molar-refractivity contribution in [2.45, 2.75) is 59.0 Å². The highest BCUT2D eigenvalue weighted by molar-refractivity contribution is 5.68. The summed E-state index contributed by atoms with van der Waals surface area (Å²) >= 11 is 0. The number of nitrogens with zero attached hydrogens (tertiary/aromatic N) is 4. The van der Waals surface area contributed by atoms with E-state index in [2.05, 4.69) is 15.6 Å². The maximum Gasteiger partial charge on any atom is 0.410 e. The van der Waals surface area contributed by atoms with E-state index in [4.69, 9.17) is 9.72 Å². The van der Waals surface area contributed by atoms with Crippen LogP contribution in [-0.2, 0) is 4.74 Å². The first kappa shape index (κ1) is 16.7. The number of carbonyl (C=O) groups excluding carboxylic acids is 1. The van der Waals surface area contributed by atoms with E-state index in [0.717, 1.165) is 35.6 Å². The van der Waals surface area contributed by atoms with Crippen molar-refractivity contribution in [1.29, 1.82) is 0 Å². The molecule has 130 valence electrons. The third-order valence-corrected chi connectivity index (χ3v) is 4.31. The average molecular weight is 330 g/mol. The molecular weight excluding hydrogens is 304 g/mol. The van der Waals surface area contributed by atoms with Crippen LogP contribution in [0.25, 0.3) is 5.65 Å². The average Bonchev–Trinajstić information content (AvgIpc) is 2.90. The van der Waals surface area contributed by atoms with Gasteiger partial charge >= 0.3 is 6.09 Å². The van der Waals surface area contributed by atoms with Gasteiger partial charge in [-0.25, -0.2) is 9.78 Å². The highest BCUT2D eigenvalue weighted by Gasteiger charge is 2.28. The quantitative estimate of drug-likeness (QED) is 0.803. The van der Waals surface area contributed by atoms with Crippen LogP contribution in [0.5, 0.6) is 0 Å². The van der Waals surface area contributed by atoms with Crippen molar-refractivity contribution in [1.82, 2.24) is 19.3 Å². The molecule has 0 spiro atoms. The third kappa shape index (κ3) is 3.52. The van der Waals surface area contributed by atoms with Gasteiger partial charge in [-0.15, -0.1) is 0 Å². The number of amides is 1. The van der Waals surface area contributed by atoms with Gasteiger partial charge in [0.2, 0.25) is 0 Å². The molecule has 0 bridgehead atoms. The van der Waals surface area contributed by atoms with Crippen LogP contribution in [0.3, 0.4) is 0 Å². The molecule has 24 heavy (non-hydrogen) atoms. The highest BCUT2D eigenvalue weighted by atomic mass is 16.6. The lowest BCUT2D eigenvalue weighted by Crippen LogP contribution is -2.41. The SMILES string of the molecule is Cc1cn2cc(C3CCN(C(=O)OC(C)(C)C)CC3)nc2c(C)n1. The van der Waals surface area contributed by atoms with Crippen LogP contribution in [0.4, 0.5) is 4.79 Å². The first-order valence-corrected chi connectivity index (χ1v) is 8.54. The van der Waals surface area contributed by atoms with E-state index < -0.39 is 5.60 Å². The van der Waals surface area contributed by atoms with Crippen molar-refractivity contribution in [2.24, 2.45) is 0 Å². The van der Waals surface area contributed by atoms with Gasteiger partial charge in [-0.2, -0.15) is 0 Å². The van der Waals surface area contributed by atoms with Gasteiger partial charge in [-0.3, -0.25) is 4.98 Å². The fourth-order valence-corrected chi connectivity index (χ4v) is 3.20. The first-order valence-electron chi connectivity index (χ1n) is 8.54. The van der Waals surface area contributed by atoms with Crippen LogP contribution in [0.15, 0.2) is 12.4 Å². The third-order valence-electron chi connectivity index (χ3n) is 4.31. The summed E-state index contributed by atoms with van der Waals surface area (Å²) in [5.41, 5.74) is 3.51. The number of aromatic nitrogens is 3. The molecule has 1 aliphatic rings. The zero-order valence-corrected chi connectivity index (χ0v) is 15.2. The molecule has 0 atom stereocenters. The van der Waals surface area contributed by atoms with Gasteiger partial charge in [0.25, 0.3) is 0 Å². The lowest BCUT2D eigenvalue weighted by atomic mass is 9.94. The number of carbonyl (C=O) groups is 1. The summed E-state index contributed by atoms with van der Waals surface area (Å²) < 4.78 is 7.52. The van der Waals surface area contributed by atoms with E-state index >= 15 is 0 Å². The number of ether oxygens (including phenoxy) is 1. The maximum absolute atomic E-state index is 12.2. The molecule has 1 saturated heterocycles. The molecule has 0 radical (unpaired) electrons. The number of rotatable bonds is 1. The fraction of sp³-hybridized carbons (Fsp3) is 0.611. The summed E-state index contributed by atoms with van der Waals surface area (Å²) in [5.74, 6) is 0.378. The molecule has 1 fully saturated rings. The lowest BCUT2D eigenvalue weighted by molar-refractivity contribution is 0.0204. The second-order valence-electron chi connectivity index (χ2n) is 7.61. The van der Waals surface area contributed by atoms with E-state index in [1.54, 1.807) is 4.90 Å². The van der Waals surface area contributed by atoms with Crippen LogP contribution >= 0.6 is 0 Å². The minimum absolute atomic E-state index is 0.216. The van der Waals surface area contributed by atoms with Crippen LogP contribution in [-0.4, -0.2) is 44.1 Å². The van der Waals surface area contributed by atoms with Gasteiger partial charge in [0.1, 0.15) is 5.60 Å². The Morgan fingerprint density at radius 1 is 1.17 bits per heavy atom. The molecule has 2 aromatic heterocycles. The number of imidazole rings is 1. The molecule has 0 aliphatic carbocycles. The van der Waals surface area contributed by atoms with E-state index in [1.165, 1.54) is 0 Å². The summed E-state index contributed by atoms with van der Waals surface area (Å²) in [6.07, 6.45) is 5.72. The van der Waals surface area contributed by atoms with Crippen LogP contribution in [0.1, 0.15) is 56.6 Å². The van der Waals surface area contributed by atoms with Crippen LogP contribution in [0.2, 0.25) is 0 Å². The topological polar surface area (TPSA) is 59.7 Å². The van der Waals surface area contributed by atoms with Crippen molar-refractivity contribution in [3.05, 3.63) is 29.5 Å². The van der Waals surface area contributed by atoms with Gasteiger partial charge in [-0.05, 0) is 47.5 Å². The van der Waals surface area contributed by atoms with Crippen molar-refractivity contribution >= 4 is 11.7 Å². The molecule has 2 aromatic rings. The molecule has 6 nitrogen and oxygen atoms in total. The number of likely N-dealkylation sites (tertiary alicyclic amines) is 1. The molecular formula is C18H26N4O2. The minimum atomic E-state index is -0.447. The zero-order chi connectivity index (χ0) is 17.5. The second-order valence-corrected chi connectivity index (χ2v) is 7.61. The molecule has 3 heterocycles. The number of fused-ring (bicyclic) bond motifs is 1. The summed E-state index contributed by atoms with van der Waals surface area (Å²) in [7, 11) is 0. The number of hydrogen-bond acceptors (Lipinski definition) is 4. The van der Waals surface area contributed by atoms with Crippen LogP contribution < -0.4 is 0 Å². The van der Waals surface area contributed by atoms with Gasteiger partial charge in [0.05, 0.1) is 17.1 Å². The number of aryl methyl sites for hydroxylation is 2. The van der Waals surface area contributed by atoms with Crippen molar-refractivity contribution < 1.29 is 9.53 Å². The Labute approximate surface area is 142 Å². The minimum Gasteiger partial charge on any atom is -0.444 e. The van der Waals surface area contributed by atoms with E-state index in [0.29, 0.717) is 19.0 Å².